The van der Waals surface area contributed by atoms with Crippen molar-refractivity contribution >= 4 is 23.2 Å². The van der Waals surface area contributed by atoms with Crippen LogP contribution >= 0.6 is 11.6 Å². The minimum Gasteiger partial charge on any atom is -0.490 e. The number of nitrogens with one attached hydrogen (secondary N) is 1. The Labute approximate surface area is 174 Å². The molecule has 0 saturated heterocycles. The number of hydrogen-bond donors (Lipinski definition) is 1. The van der Waals surface area contributed by atoms with E-state index in [1.165, 1.54) is 36.1 Å². The van der Waals surface area contributed by atoms with E-state index in [1.807, 2.05) is 0 Å². The smallest absolute Gasteiger partial charge is 0.490 e. The number of hydrogen-bond acceptors (Lipinski definition) is 5. The highest BCUT2D eigenvalue weighted by molar-refractivity contribution is 6.31. The van der Waals surface area contributed by atoms with Gasteiger partial charge in [0.25, 0.3) is 5.56 Å². The van der Waals surface area contributed by atoms with Gasteiger partial charge in [-0.05, 0) is 42.3 Å². The van der Waals surface area contributed by atoms with Gasteiger partial charge in [-0.1, -0.05) is 29.8 Å². The molecule has 0 atom stereocenters. The molecule has 0 unspecified atom stereocenters. The maximum atomic E-state index is 12.8. The van der Waals surface area contributed by atoms with Crippen molar-refractivity contribution in [3.05, 3.63) is 75.2 Å². The SMILES string of the molecule is COc1cnc(Nc2cccc(Cl)c2C)n(Cc2cccc(OC(F)(F)F)c2)c1=O. The fourth-order valence-corrected chi connectivity index (χ4v) is 2.92. The van der Waals surface area contributed by atoms with Gasteiger partial charge < -0.3 is 14.8 Å². The van der Waals surface area contributed by atoms with Crippen LogP contribution in [0.25, 0.3) is 0 Å². The predicted octanol–water partition coefficient (Wildman–Crippen LogP) is 4.90. The van der Waals surface area contributed by atoms with Crippen molar-refractivity contribution in [3.8, 4) is 11.5 Å². The number of anilines is 2. The summed E-state index contributed by atoms with van der Waals surface area (Å²) in [6, 6.07) is 10.6. The van der Waals surface area contributed by atoms with Crippen LogP contribution in [0.15, 0.2) is 53.5 Å². The third kappa shape index (κ3) is 5.04. The Balaban J connectivity index is 2.00. The molecule has 1 N–H and O–H groups in total. The molecule has 3 aromatic rings. The van der Waals surface area contributed by atoms with Crippen molar-refractivity contribution in [3.63, 3.8) is 0 Å². The van der Waals surface area contributed by atoms with Crippen molar-refractivity contribution in [2.45, 2.75) is 19.8 Å². The fraction of sp³-hybridized carbons (Fsp3) is 0.200. The maximum absolute atomic E-state index is 12.8. The summed E-state index contributed by atoms with van der Waals surface area (Å²) in [7, 11) is 1.33. The molecule has 0 aliphatic carbocycles. The first-order chi connectivity index (χ1) is 14.2. The van der Waals surface area contributed by atoms with Crippen molar-refractivity contribution in [2.24, 2.45) is 0 Å². The van der Waals surface area contributed by atoms with Gasteiger partial charge in [0.15, 0.2) is 0 Å². The van der Waals surface area contributed by atoms with Gasteiger partial charge in [-0.3, -0.25) is 9.36 Å². The normalized spacial score (nSPS) is 11.3. The third-order valence-electron chi connectivity index (χ3n) is 4.22. The van der Waals surface area contributed by atoms with Crippen LogP contribution in [0.1, 0.15) is 11.1 Å². The van der Waals surface area contributed by atoms with Crippen LogP contribution in [0.4, 0.5) is 24.8 Å². The Morgan fingerprint density at radius 1 is 1.20 bits per heavy atom. The minimum atomic E-state index is -4.82. The van der Waals surface area contributed by atoms with Gasteiger partial charge in [-0.2, -0.15) is 0 Å². The zero-order valence-electron chi connectivity index (χ0n) is 16.0. The number of rotatable bonds is 6. The van der Waals surface area contributed by atoms with Crippen LogP contribution in [0, 0.1) is 6.92 Å². The molecule has 158 valence electrons. The zero-order chi connectivity index (χ0) is 21.9. The van der Waals surface area contributed by atoms with Crippen LogP contribution in [-0.2, 0) is 6.54 Å². The average molecular weight is 440 g/mol. The second kappa shape index (κ2) is 8.66. The Morgan fingerprint density at radius 3 is 2.63 bits per heavy atom. The Bertz CT molecular complexity index is 1120. The highest BCUT2D eigenvalue weighted by atomic mass is 35.5. The van der Waals surface area contributed by atoms with Crippen molar-refractivity contribution in [1.82, 2.24) is 9.55 Å². The topological polar surface area (TPSA) is 65.4 Å². The monoisotopic (exact) mass is 439 g/mol. The number of alkyl halides is 3. The molecule has 0 amide bonds. The molecule has 0 spiro atoms. The number of aromatic nitrogens is 2. The van der Waals surface area contributed by atoms with Crippen LogP contribution in [-0.4, -0.2) is 23.0 Å². The summed E-state index contributed by atoms with van der Waals surface area (Å²) in [4.78, 5) is 17.0. The largest absolute Gasteiger partial charge is 0.573 e. The Hall–Kier alpha value is -3.20. The van der Waals surface area contributed by atoms with E-state index in [9.17, 15) is 18.0 Å². The lowest BCUT2D eigenvalue weighted by Gasteiger charge is -2.17. The molecule has 1 aromatic heterocycles. The molecule has 0 aliphatic rings. The highest BCUT2D eigenvalue weighted by Gasteiger charge is 2.31. The minimum absolute atomic E-state index is 0.00828. The van der Waals surface area contributed by atoms with Crippen LogP contribution in [0.2, 0.25) is 5.02 Å². The van der Waals surface area contributed by atoms with Crippen LogP contribution in [0.3, 0.4) is 0 Å². The highest BCUT2D eigenvalue weighted by Crippen LogP contribution is 2.27. The summed E-state index contributed by atoms with van der Waals surface area (Å²) in [5.74, 6) is -0.219. The van der Waals surface area contributed by atoms with Crippen LogP contribution < -0.4 is 20.3 Å². The third-order valence-corrected chi connectivity index (χ3v) is 4.63. The van der Waals surface area contributed by atoms with E-state index < -0.39 is 11.9 Å². The number of benzene rings is 2. The standard InChI is InChI=1S/C20H17ClF3N3O3/c1-12-15(21)7-4-8-16(12)26-19-25-10-17(29-2)18(28)27(19)11-13-5-3-6-14(9-13)30-20(22,23)24/h3-10H,11H2,1-2H3,(H,25,26). The molecule has 0 radical (unpaired) electrons. The quantitative estimate of drug-likeness (QED) is 0.591. The summed E-state index contributed by atoms with van der Waals surface area (Å²) in [6.07, 6.45) is -3.55. The van der Waals surface area contributed by atoms with Crippen molar-refractivity contribution < 1.29 is 22.6 Å². The number of methoxy groups -OCH3 is 1. The van der Waals surface area contributed by atoms with E-state index in [4.69, 9.17) is 16.3 Å². The average Bonchev–Trinajstić information content (AvgIpc) is 2.67. The lowest BCUT2D eigenvalue weighted by atomic mass is 10.2. The first-order valence-electron chi connectivity index (χ1n) is 8.68. The Kier molecular flexibility index (Phi) is 6.21. The summed E-state index contributed by atoms with van der Waals surface area (Å²) in [5.41, 5.74) is 1.27. The fourth-order valence-electron chi connectivity index (χ4n) is 2.75. The lowest BCUT2D eigenvalue weighted by Crippen LogP contribution is -2.25. The van der Waals surface area contributed by atoms with Crippen LogP contribution in [0.5, 0.6) is 11.5 Å². The molecule has 0 saturated carbocycles. The summed E-state index contributed by atoms with van der Waals surface area (Å²) in [5, 5.41) is 3.57. The first kappa shape index (κ1) is 21.5. The maximum Gasteiger partial charge on any atom is 0.573 e. The van der Waals surface area contributed by atoms with E-state index >= 15 is 0 Å². The molecule has 0 fully saturated rings. The molecule has 30 heavy (non-hydrogen) atoms. The van der Waals surface area contributed by atoms with Crippen molar-refractivity contribution in [2.75, 3.05) is 12.4 Å². The number of ether oxygens (including phenoxy) is 2. The molecule has 3 rings (SSSR count). The van der Waals surface area contributed by atoms with Gasteiger partial charge in [-0.15, -0.1) is 13.2 Å². The van der Waals surface area contributed by atoms with E-state index in [-0.39, 0.29) is 24.0 Å². The predicted molar refractivity (Wildman–Crippen MR) is 107 cm³/mol. The van der Waals surface area contributed by atoms with Gasteiger partial charge in [0.2, 0.25) is 11.7 Å². The second-order valence-corrected chi connectivity index (χ2v) is 6.68. The van der Waals surface area contributed by atoms with Gasteiger partial charge in [0.05, 0.1) is 19.9 Å². The van der Waals surface area contributed by atoms with E-state index in [0.29, 0.717) is 16.3 Å². The molecule has 2 aromatic carbocycles. The molecular formula is C20H17ClF3N3O3. The number of nitrogens with zero attached hydrogens (tertiary/aromatic N) is 2. The summed E-state index contributed by atoms with van der Waals surface area (Å²) >= 11 is 6.14. The number of halogens is 4. The molecule has 0 bridgehead atoms. The van der Waals surface area contributed by atoms with E-state index in [1.54, 1.807) is 31.2 Å². The van der Waals surface area contributed by atoms with Gasteiger partial charge >= 0.3 is 6.36 Å². The first-order valence-corrected chi connectivity index (χ1v) is 9.06. The summed E-state index contributed by atoms with van der Waals surface area (Å²) < 4.78 is 47.8. The van der Waals surface area contributed by atoms with E-state index in [2.05, 4.69) is 15.0 Å². The van der Waals surface area contributed by atoms with E-state index in [0.717, 1.165) is 5.56 Å². The summed E-state index contributed by atoms with van der Waals surface area (Å²) in [6.45, 7) is 1.73. The molecular weight excluding hydrogens is 423 g/mol. The van der Waals surface area contributed by atoms with Gasteiger partial charge in [0.1, 0.15) is 5.75 Å². The molecule has 0 aliphatic heterocycles. The van der Waals surface area contributed by atoms with Gasteiger partial charge in [-0.25, -0.2) is 4.98 Å². The van der Waals surface area contributed by atoms with Crippen molar-refractivity contribution in [1.29, 1.82) is 0 Å². The van der Waals surface area contributed by atoms with Gasteiger partial charge in [0, 0.05) is 10.7 Å². The lowest BCUT2D eigenvalue weighted by molar-refractivity contribution is -0.274. The Morgan fingerprint density at radius 2 is 1.93 bits per heavy atom. The molecule has 1 heterocycles. The molecule has 10 heteroatoms. The zero-order valence-corrected chi connectivity index (χ0v) is 16.7. The molecule has 6 nitrogen and oxygen atoms in total. The second-order valence-electron chi connectivity index (χ2n) is 6.27.